The van der Waals surface area contributed by atoms with Gasteiger partial charge in [-0.3, -0.25) is 24.5 Å². The topological polar surface area (TPSA) is 205 Å². The van der Waals surface area contributed by atoms with Crippen molar-refractivity contribution in [1.29, 1.82) is 0 Å². The average Bonchev–Trinajstić information content (AvgIpc) is 3.61. The maximum absolute atomic E-state index is 13.4. The van der Waals surface area contributed by atoms with Gasteiger partial charge in [-0.05, 0) is 59.2 Å². The van der Waals surface area contributed by atoms with Gasteiger partial charge in [-0.1, -0.05) is 12.2 Å². The van der Waals surface area contributed by atoms with Gasteiger partial charge in [0.15, 0.2) is 0 Å². The summed E-state index contributed by atoms with van der Waals surface area (Å²) < 4.78 is 52.1. The van der Waals surface area contributed by atoms with E-state index in [0.717, 1.165) is 45.0 Å². The molecular weight excluding hydrogens is 693 g/mol. The standard InChI is InChI=1S/C31H44N8O6.C2HF3O2/c1-6-39-24(18-21(2)36-39)28(41)35-29-34-23-19-22(27(32)40)20-25(44-15-9-11-37-13-16-43-17-14-37)26(23)38(29)12-8-7-10-33-30(42)45-31(3,4)5;3-2(4,5)1(6)7/h7-8,18-20H,6,9-17H2,1-5H3,(H2,32,40)(H,33,42)(H,34,35,41);(H,6,7)/b8-7+;. The van der Waals surface area contributed by atoms with Crippen molar-refractivity contribution in [1.82, 2.24) is 29.5 Å². The minimum Gasteiger partial charge on any atom is -0.491 e. The van der Waals surface area contributed by atoms with Crippen LogP contribution in [0.15, 0.2) is 30.4 Å². The zero-order chi connectivity index (χ0) is 38.6. The number of aliphatic carboxylic acids is 1. The maximum atomic E-state index is 13.4. The van der Waals surface area contributed by atoms with Crippen LogP contribution in [0.1, 0.15) is 60.7 Å². The number of carboxylic acids is 1. The first-order chi connectivity index (χ1) is 24.4. The van der Waals surface area contributed by atoms with E-state index in [1.165, 1.54) is 0 Å². The molecule has 1 aromatic carbocycles. The van der Waals surface area contributed by atoms with E-state index in [1.54, 1.807) is 54.3 Å². The molecule has 0 spiro atoms. The molecule has 3 heterocycles. The summed E-state index contributed by atoms with van der Waals surface area (Å²) in [7, 11) is 0. The number of carbonyl (C=O) groups excluding carboxylic acids is 3. The molecule has 1 fully saturated rings. The number of nitrogens with zero attached hydrogens (tertiary/aromatic N) is 5. The van der Waals surface area contributed by atoms with E-state index in [-0.39, 0.29) is 30.5 Å². The van der Waals surface area contributed by atoms with E-state index in [4.69, 9.17) is 29.8 Å². The van der Waals surface area contributed by atoms with E-state index >= 15 is 0 Å². The number of hydrogen-bond acceptors (Lipinski definition) is 10. The molecule has 2 aromatic heterocycles. The molecule has 16 nitrogen and oxygen atoms in total. The van der Waals surface area contributed by atoms with Crippen LogP contribution < -0.4 is 21.1 Å². The highest BCUT2D eigenvalue weighted by Crippen LogP contribution is 2.31. The van der Waals surface area contributed by atoms with E-state index in [1.807, 2.05) is 19.9 Å². The number of aryl methyl sites for hydroxylation is 2. The summed E-state index contributed by atoms with van der Waals surface area (Å²) in [5.74, 6) is -3.09. The van der Waals surface area contributed by atoms with Gasteiger partial charge in [0.25, 0.3) is 5.91 Å². The molecule has 5 N–H and O–H groups in total. The molecule has 0 saturated carbocycles. The van der Waals surface area contributed by atoms with Crippen molar-refractivity contribution < 1.29 is 51.7 Å². The lowest BCUT2D eigenvalue weighted by Crippen LogP contribution is -2.37. The van der Waals surface area contributed by atoms with Crippen LogP contribution in [0.25, 0.3) is 11.0 Å². The van der Waals surface area contributed by atoms with Crippen LogP contribution in [0.4, 0.5) is 23.9 Å². The third kappa shape index (κ3) is 12.6. The second-order valence-electron chi connectivity index (χ2n) is 12.5. The van der Waals surface area contributed by atoms with Gasteiger partial charge in [0.1, 0.15) is 22.6 Å². The summed E-state index contributed by atoms with van der Waals surface area (Å²) in [5, 5.41) is 17.1. The van der Waals surface area contributed by atoms with Gasteiger partial charge >= 0.3 is 18.2 Å². The molecule has 3 amide bonds. The van der Waals surface area contributed by atoms with Crippen LogP contribution in [0.5, 0.6) is 5.75 Å². The molecular formula is C33H45F3N8O8. The van der Waals surface area contributed by atoms with Crippen LogP contribution >= 0.6 is 0 Å². The number of carboxylic acid groups (broad SMARTS) is 1. The molecule has 0 bridgehead atoms. The third-order valence-electron chi connectivity index (χ3n) is 7.19. The van der Waals surface area contributed by atoms with Gasteiger partial charge in [-0.15, -0.1) is 0 Å². The Kier molecular flexibility index (Phi) is 14.6. The lowest BCUT2D eigenvalue weighted by atomic mass is 10.1. The quantitative estimate of drug-likeness (QED) is 0.147. The number of morpholine rings is 1. The Bertz CT molecular complexity index is 1740. The second-order valence-corrected chi connectivity index (χ2v) is 12.5. The number of nitrogens with two attached hydrogens (primary N) is 1. The molecule has 286 valence electrons. The first-order valence-corrected chi connectivity index (χ1v) is 16.4. The number of carbonyl (C=O) groups is 4. The normalized spacial score (nSPS) is 13.8. The van der Waals surface area contributed by atoms with Crippen molar-refractivity contribution in [3.8, 4) is 5.75 Å². The highest BCUT2D eigenvalue weighted by atomic mass is 19.4. The number of primary amides is 1. The number of allylic oxidation sites excluding steroid dienone is 1. The van der Waals surface area contributed by atoms with E-state index in [2.05, 4.69) is 25.6 Å². The first-order valence-electron chi connectivity index (χ1n) is 16.4. The van der Waals surface area contributed by atoms with Gasteiger partial charge in [-0.2, -0.15) is 18.3 Å². The maximum Gasteiger partial charge on any atom is 0.490 e. The zero-order valence-corrected chi connectivity index (χ0v) is 29.7. The summed E-state index contributed by atoms with van der Waals surface area (Å²) in [6, 6.07) is 4.90. The SMILES string of the molecule is CCn1nc(C)cc1C(=O)Nc1nc2cc(C(N)=O)cc(OCCCN3CCOCC3)c2n1C/C=C/CNC(=O)OC(C)(C)C.O=C(O)C(F)(F)F. The minimum absolute atomic E-state index is 0.231. The number of benzene rings is 1. The fraction of sp³-hybridized carbons (Fsp3) is 0.515. The Morgan fingerprint density at radius 3 is 2.37 bits per heavy atom. The molecule has 4 rings (SSSR count). The number of aromatic nitrogens is 4. The number of alkyl carbamates (subject to hydrolysis) is 1. The first kappa shape index (κ1) is 41.3. The zero-order valence-electron chi connectivity index (χ0n) is 29.7. The molecule has 1 aliphatic heterocycles. The molecule has 1 saturated heterocycles. The second kappa shape index (κ2) is 18.4. The Hall–Kier alpha value is -5.17. The predicted molar refractivity (Wildman–Crippen MR) is 183 cm³/mol. The van der Waals surface area contributed by atoms with Gasteiger partial charge < -0.3 is 34.9 Å². The van der Waals surface area contributed by atoms with Gasteiger partial charge in [0.05, 0.1) is 31.0 Å². The third-order valence-corrected chi connectivity index (χ3v) is 7.19. The van der Waals surface area contributed by atoms with Gasteiger partial charge in [0.2, 0.25) is 11.9 Å². The van der Waals surface area contributed by atoms with Crippen LogP contribution in [0.2, 0.25) is 0 Å². The largest absolute Gasteiger partial charge is 0.491 e. The highest BCUT2D eigenvalue weighted by molar-refractivity contribution is 6.04. The lowest BCUT2D eigenvalue weighted by Gasteiger charge is -2.26. The smallest absolute Gasteiger partial charge is 0.490 e. The number of hydrogen-bond donors (Lipinski definition) is 4. The van der Waals surface area contributed by atoms with Crippen LogP contribution in [0, 0.1) is 6.92 Å². The van der Waals surface area contributed by atoms with Gasteiger partial charge in [0, 0.05) is 44.8 Å². The van der Waals surface area contributed by atoms with Crippen molar-refractivity contribution in [2.24, 2.45) is 5.73 Å². The highest BCUT2D eigenvalue weighted by Gasteiger charge is 2.38. The summed E-state index contributed by atoms with van der Waals surface area (Å²) in [4.78, 5) is 53.6. The van der Waals surface area contributed by atoms with Crippen LogP contribution in [-0.4, -0.2) is 111 Å². The molecule has 0 atom stereocenters. The molecule has 19 heteroatoms. The Morgan fingerprint density at radius 1 is 1.10 bits per heavy atom. The minimum atomic E-state index is -5.08. The predicted octanol–water partition coefficient (Wildman–Crippen LogP) is 3.73. The lowest BCUT2D eigenvalue weighted by molar-refractivity contribution is -0.192. The fourth-order valence-electron chi connectivity index (χ4n) is 4.91. The van der Waals surface area contributed by atoms with Crippen LogP contribution in [0.3, 0.4) is 0 Å². The number of alkyl halides is 3. The number of halogens is 3. The van der Waals surface area contributed by atoms with E-state index in [9.17, 15) is 27.6 Å². The van der Waals surface area contributed by atoms with Crippen LogP contribution in [-0.2, 0) is 27.4 Å². The number of fused-ring (bicyclic) bond motifs is 1. The van der Waals surface area contributed by atoms with Crippen molar-refractivity contribution in [3.05, 3.63) is 47.3 Å². The summed E-state index contributed by atoms with van der Waals surface area (Å²) in [5.41, 5.74) is 7.42. The van der Waals surface area contributed by atoms with Crippen molar-refractivity contribution >= 4 is 40.9 Å². The molecule has 3 aromatic rings. The molecule has 52 heavy (non-hydrogen) atoms. The summed E-state index contributed by atoms with van der Waals surface area (Å²) in [6.07, 6.45) is -1.24. The van der Waals surface area contributed by atoms with Crippen molar-refractivity contribution in [2.45, 2.75) is 65.9 Å². The van der Waals surface area contributed by atoms with Crippen molar-refractivity contribution in [3.63, 3.8) is 0 Å². The number of amides is 3. The monoisotopic (exact) mass is 738 g/mol. The molecule has 0 radical (unpaired) electrons. The number of ether oxygens (including phenoxy) is 3. The molecule has 0 unspecified atom stereocenters. The molecule has 0 aliphatic carbocycles. The summed E-state index contributed by atoms with van der Waals surface area (Å²) in [6.45, 7) is 14.6. The van der Waals surface area contributed by atoms with E-state index in [0.29, 0.717) is 35.6 Å². The Labute approximate surface area is 298 Å². The van der Waals surface area contributed by atoms with Crippen molar-refractivity contribution in [2.75, 3.05) is 51.3 Å². The number of rotatable bonds is 13. The molecule has 1 aliphatic rings. The Balaban J connectivity index is 0.000000944. The fourth-order valence-corrected chi connectivity index (χ4v) is 4.91. The summed E-state index contributed by atoms with van der Waals surface area (Å²) >= 11 is 0. The number of anilines is 1. The Morgan fingerprint density at radius 2 is 1.77 bits per heavy atom. The van der Waals surface area contributed by atoms with Gasteiger partial charge in [-0.25, -0.2) is 14.6 Å². The number of imidazole rings is 1. The number of nitrogens with one attached hydrogen (secondary N) is 2. The average molecular weight is 739 g/mol. The van der Waals surface area contributed by atoms with E-state index < -0.39 is 29.7 Å².